The first-order valence-electron chi connectivity index (χ1n) is 23.6. The van der Waals surface area contributed by atoms with Gasteiger partial charge in [-0.05, 0) is 127 Å². The fourth-order valence-electron chi connectivity index (χ4n) is 8.79. The van der Waals surface area contributed by atoms with Gasteiger partial charge in [0.1, 0.15) is 11.0 Å². The van der Waals surface area contributed by atoms with Crippen LogP contribution in [0.25, 0.3) is 43.6 Å². The summed E-state index contributed by atoms with van der Waals surface area (Å²) in [5.74, 6) is 1.41. The number of hydrogen-bond donors (Lipinski definition) is 4. The molecule has 4 aromatic heterocycles. The van der Waals surface area contributed by atoms with Crippen molar-refractivity contribution in [2.75, 3.05) is 66.7 Å². The molecule has 4 N–H and O–H groups in total. The highest BCUT2D eigenvalue weighted by atomic mass is 19.1. The summed E-state index contributed by atoms with van der Waals surface area (Å²) in [6.45, 7) is 11.7. The van der Waals surface area contributed by atoms with E-state index in [1.807, 2.05) is 13.8 Å². The van der Waals surface area contributed by atoms with E-state index in [2.05, 4.69) is 40.2 Å². The normalized spacial score (nSPS) is 14.3. The smallest absolute Gasteiger partial charge is 0.175 e. The maximum atomic E-state index is 15.1. The Balaban J connectivity index is 0.000000160. The zero-order chi connectivity index (χ0) is 48.3. The number of nitrogens with zero attached hydrogens (tertiary/aromatic N) is 6. The van der Waals surface area contributed by atoms with Gasteiger partial charge in [0.2, 0.25) is 0 Å². The number of nitrogens with one attached hydrogen (secondary N) is 2. The molecule has 2 aliphatic rings. The highest BCUT2D eigenvalue weighted by molar-refractivity contribution is 5.89. The van der Waals surface area contributed by atoms with Crippen LogP contribution >= 0.6 is 0 Å². The second-order valence-corrected chi connectivity index (χ2v) is 17.3. The zero-order valence-electron chi connectivity index (χ0n) is 39.6. The van der Waals surface area contributed by atoms with E-state index in [0.29, 0.717) is 74.3 Å². The number of aryl methyl sites for hydroxylation is 2. The quantitative estimate of drug-likeness (QED) is 0.0759. The van der Waals surface area contributed by atoms with Crippen LogP contribution in [0.3, 0.4) is 0 Å². The molecule has 17 heteroatoms. The van der Waals surface area contributed by atoms with Crippen molar-refractivity contribution in [2.24, 2.45) is 0 Å². The lowest BCUT2D eigenvalue weighted by Crippen LogP contribution is -2.31. The molecule has 6 heterocycles. The number of H-pyrrole nitrogens is 2. The third kappa shape index (κ3) is 11.9. The molecule has 69 heavy (non-hydrogen) atoms. The van der Waals surface area contributed by atoms with Crippen LogP contribution in [0.5, 0.6) is 46.0 Å². The number of hydrogen-bond acceptors (Lipinski definition) is 13. The third-order valence-electron chi connectivity index (χ3n) is 12.3. The lowest BCUT2D eigenvalue weighted by atomic mass is 10.1. The average Bonchev–Trinajstić information content (AvgIpc) is 3.96. The first-order valence-corrected chi connectivity index (χ1v) is 23.6. The van der Waals surface area contributed by atoms with E-state index in [1.54, 1.807) is 61.7 Å². The van der Waals surface area contributed by atoms with Crippen LogP contribution in [-0.4, -0.2) is 117 Å². The SMILES string of the molecule is COc1cc2c(Oc3ccc4[nH]c(C)cc4c3F)cnnc2cc1O.COc1cc2c(Oc3ccc4[nH]c(C)cc4c3F)cnnc2cc1OCCCN1CCCCC1.OCCCN1CCCCC1. The van der Waals surface area contributed by atoms with Crippen LogP contribution in [0.4, 0.5) is 8.78 Å². The van der Waals surface area contributed by atoms with Gasteiger partial charge in [-0.1, -0.05) is 12.8 Å². The molecule has 15 nitrogen and oxygen atoms in total. The molecule has 364 valence electrons. The monoisotopic (exact) mass is 946 g/mol. The van der Waals surface area contributed by atoms with E-state index in [1.165, 1.54) is 90.3 Å². The number of likely N-dealkylation sites (tertiary alicyclic amines) is 2. The number of rotatable bonds is 14. The number of piperidine rings is 2. The lowest BCUT2D eigenvalue weighted by Gasteiger charge is -2.26. The predicted molar refractivity (Wildman–Crippen MR) is 262 cm³/mol. The molecular formula is C52H60F2N8O7. The Bertz CT molecular complexity index is 2990. The van der Waals surface area contributed by atoms with Gasteiger partial charge in [0, 0.05) is 65.0 Å². The van der Waals surface area contributed by atoms with Gasteiger partial charge in [0.25, 0.3) is 0 Å². The number of aromatic nitrogens is 6. The van der Waals surface area contributed by atoms with Gasteiger partial charge >= 0.3 is 0 Å². The van der Waals surface area contributed by atoms with E-state index >= 15 is 4.39 Å². The van der Waals surface area contributed by atoms with Gasteiger partial charge < -0.3 is 53.7 Å². The number of halogens is 2. The summed E-state index contributed by atoms with van der Waals surface area (Å²) in [6.07, 6.45) is 12.8. The summed E-state index contributed by atoms with van der Waals surface area (Å²) in [5.41, 5.74) is 4.17. The Hall–Kier alpha value is -6.82. The standard InChI is InChI=1S/C26H29FN4O3.C18H14FN3O3.C8H17NO/c1-17-13-19-20(29-17)7-8-22(26(19)27)34-25-16-28-30-21-15-24(23(32-2)14-18(21)25)33-12-6-11-31-9-4-3-5-10-31;1-9-5-11-12(21-9)3-4-15(18(11)19)25-17-8-20-22-13-7-14(23)16(24-2)6-10(13)17;10-8-4-7-9-5-2-1-3-6-9/h7-8,13-16,29H,3-6,9-12H2,1-2H3;3-8,21,23H,1-2H3;10H,1-8H2. The molecule has 0 amide bonds. The number of phenols is 1. The van der Waals surface area contributed by atoms with Crippen molar-refractivity contribution in [1.29, 1.82) is 0 Å². The summed E-state index contributed by atoms with van der Waals surface area (Å²) < 4.78 is 58.2. The van der Waals surface area contributed by atoms with Crippen LogP contribution in [0.15, 0.2) is 73.1 Å². The van der Waals surface area contributed by atoms with Gasteiger partial charge in [-0.25, -0.2) is 8.78 Å². The van der Waals surface area contributed by atoms with E-state index in [9.17, 15) is 9.50 Å². The predicted octanol–water partition coefficient (Wildman–Crippen LogP) is 10.5. The average molecular weight is 947 g/mol. The van der Waals surface area contributed by atoms with Crippen molar-refractivity contribution in [3.63, 3.8) is 0 Å². The van der Waals surface area contributed by atoms with Crippen LogP contribution < -0.4 is 23.7 Å². The summed E-state index contributed by atoms with van der Waals surface area (Å²) in [7, 11) is 3.04. The van der Waals surface area contributed by atoms with Gasteiger partial charge in [0.15, 0.2) is 57.6 Å². The third-order valence-corrected chi connectivity index (χ3v) is 12.3. The minimum absolute atomic E-state index is 0.0585. The summed E-state index contributed by atoms with van der Waals surface area (Å²) in [5, 5.41) is 36.7. The molecule has 2 saturated heterocycles. The number of ether oxygens (including phenoxy) is 5. The van der Waals surface area contributed by atoms with Crippen molar-refractivity contribution < 1.29 is 42.7 Å². The summed E-state index contributed by atoms with van der Waals surface area (Å²) >= 11 is 0. The number of benzene rings is 4. The molecule has 4 aromatic carbocycles. The molecule has 0 radical (unpaired) electrons. The molecule has 0 atom stereocenters. The highest BCUT2D eigenvalue weighted by Gasteiger charge is 2.19. The minimum Gasteiger partial charge on any atom is -0.504 e. The van der Waals surface area contributed by atoms with E-state index in [4.69, 9.17) is 28.8 Å². The number of fused-ring (bicyclic) bond motifs is 4. The Labute approximate surface area is 399 Å². The van der Waals surface area contributed by atoms with Gasteiger partial charge in [-0.2, -0.15) is 20.4 Å². The first-order chi connectivity index (χ1) is 33.6. The summed E-state index contributed by atoms with van der Waals surface area (Å²) in [4.78, 5) is 11.1. The Morgan fingerprint density at radius 1 is 0.565 bits per heavy atom. The van der Waals surface area contributed by atoms with Crippen LogP contribution in [0.1, 0.15) is 62.8 Å². The topological polar surface area (TPSA) is 176 Å². The maximum absolute atomic E-state index is 15.1. The molecule has 0 spiro atoms. The fraction of sp³-hybridized carbons (Fsp3) is 0.385. The number of aromatic hydroxyl groups is 1. The van der Waals surface area contributed by atoms with Gasteiger partial charge in [-0.3, -0.25) is 0 Å². The number of phenolic OH excluding ortho intramolecular Hbond substituents is 1. The van der Waals surface area contributed by atoms with Crippen molar-refractivity contribution in [2.45, 2.75) is 65.2 Å². The molecule has 8 aromatic rings. The molecule has 0 bridgehead atoms. The van der Waals surface area contributed by atoms with Crippen LogP contribution in [-0.2, 0) is 0 Å². The molecule has 0 aliphatic carbocycles. The largest absolute Gasteiger partial charge is 0.504 e. The van der Waals surface area contributed by atoms with Crippen LogP contribution in [0, 0.1) is 25.5 Å². The van der Waals surface area contributed by atoms with Crippen LogP contribution in [0.2, 0.25) is 0 Å². The van der Waals surface area contributed by atoms with Gasteiger partial charge in [0.05, 0.1) is 44.0 Å². The molecule has 2 fully saturated rings. The molecular weight excluding hydrogens is 887 g/mol. The molecule has 0 unspecified atom stereocenters. The number of aromatic amines is 2. The Morgan fingerprint density at radius 3 is 1.57 bits per heavy atom. The summed E-state index contributed by atoms with van der Waals surface area (Å²) in [6, 6.07) is 16.8. The number of aliphatic hydroxyl groups is 1. The Morgan fingerprint density at radius 2 is 1.06 bits per heavy atom. The highest BCUT2D eigenvalue weighted by Crippen LogP contribution is 2.40. The second kappa shape index (κ2) is 23.0. The molecule has 2 aliphatic heterocycles. The zero-order valence-corrected chi connectivity index (χ0v) is 39.6. The minimum atomic E-state index is -0.461. The van der Waals surface area contributed by atoms with E-state index < -0.39 is 11.6 Å². The lowest BCUT2D eigenvalue weighted by molar-refractivity contribution is 0.198. The molecule has 0 saturated carbocycles. The first kappa shape index (κ1) is 48.6. The van der Waals surface area contributed by atoms with Crippen molar-refractivity contribution in [3.8, 4) is 46.0 Å². The van der Waals surface area contributed by atoms with Crippen molar-refractivity contribution in [3.05, 3.63) is 96.1 Å². The number of aliphatic hydroxyl groups excluding tert-OH is 1. The van der Waals surface area contributed by atoms with Crippen molar-refractivity contribution in [1.82, 2.24) is 40.2 Å². The Kier molecular flexibility index (Phi) is 16.2. The second-order valence-electron chi connectivity index (χ2n) is 17.3. The van der Waals surface area contributed by atoms with Crippen molar-refractivity contribution >= 4 is 43.6 Å². The number of methoxy groups -OCH3 is 2. The van der Waals surface area contributed by atoms with Gasteiger partial charge in [-0.15, -0.1) is 0 Å². The fourth-order valence-corrected chi connectivity index (χ4v) is 8.79. The molecule has 10 rings (SSSR count). The maximum Gasteiger partial charge on any atom is 0.175 e. The van der Waals surface area contributed by atoms with E-state index in [0.717, 1.165) is 42.8 Å². The van der Waals surface area contributed by atoms with E-state index in [-0.39, 0.29) is 23.0 Å².